The van der Waals surface area contributed by atoms with E-state index in [0.29, 0.717) is 73.0 Å². The normalized spacial score (nSPS) is 13.5. The Morgan fingerprint density at radius 3 is 0.949 bits per heavy atom. The number of rotatable bonds is 15. The molecule has 3 aliphatic heterocycles. The number of amidine groups is 1. The number of halogens is 4. The Morgan fingerprint density at radius 2 is 0.638 bits per heavy atom. The van der Waals surface area contributed by atoms with Crippen LogP contribution in [0.3, 0.4) is 0 Å². The van der Waals surface area contributed by atoms with Crippen LogP contribution >= 0.6 is 63.7 Å². The van der Waals surface area contributed by atoms with Gasteiger partial charge in [0.15, 0.2) is 17.1 Å². The van der Waals surface area contributed by atoms with E-state index >= 15 is 0 Å². The molecule has 14 aromatic rings. The maximum absolute atomic E-state index is 13.3. The fraction of sp³-hybridized carbons (Fsp3) is 0.155. The molecular weight excluding hydrogens is 2070 g/mol. The first-order valence-electron chi connectivity index (χ1n) is 42.7. The molecule has 0 aromatic heterocycles. The number of hydrogen-bond donors (Lipinski definition) is 6. The van der Waals surface area contributed by atoms with Crippen molar-refractivity contribution in [3.8, 4) is 33.4 Å². The van der Waals surface area contributed by atoms with Gasteiger partial charge in [0, 0.05) is 113 Å². The van der Waals surface area contributed by atoms with Crippen molar-refractivity contribution in [3.63, 3.8) is 0 Å². The van der Waals surface area contributed by atoms with E-state index in [1.807, 2.05) is 178 Å². The molecule has 138 heavy (non-hydrogen) atoms. The highest BCUT2D eigenvalue weighted by Crippen LogP contribution is 2.34. The number of aromatic carboxylic acids is 2. The van der Waals surface area contributed by atoms with Gasteiger partial charge in [-0.25, -0.2) is 54.2 Å². The van der Waals surface area contributed by atoms with Gasteiger partial charge in [-0.2, -0.15) is 12.9 Å². The van der Waals surface area contributed by atoms with Gasteiger partial charge in [-0.1, -0.05) is 221 Å². The summed E-state index contributed by atoms with van der Waals surface area (Å²) in [7, 11) is -12.5. The first-order chi connectivity index (χ1) is 65.8. The highest BCUT2D eigenvalue weighted by molar-refractivity contribution is 9.11. The summed E-state index contributed by atoms with van der Waals surface area (Å²) in [6.45, 7) is 29.6. The van der Waals surface area contributed by atoms with Gasteiger partial charge in [0.1, 0.15) is 11.4 Å². The van der Waals surface area contributed by atoms with E-state index < -0.39 is 60.8 Å². The molecular formula is C103H90BBr4N11O16S3. The predicted octanol–water partition coefficient (Wildman–Crippen LogP) is 20.2. The number of sulfonamides is 3. The number of carboxylic acids is 2. The van der Waals surface area contributed by atoms with E-state index in [-0.39, 0.29) is 88.2 Å². The van der Waals surface area contributed by atoms with Crippen molar-refractivity contribution in [1.82, 2.24) is 27.6 Å². The molecule has 7 N–H and O–H groups in total. The van der Waals surface area contributed by atoms with Crippen LogP contribution in [0.4, 0.5) is 21.9 Å². The molecule has 17 rings (SSSR count). The van der Waals surface area contributed by atoms with Crippen LogP contribution in [0.2, 0.25) is 0 Å². The van der Waals surface area contributed by atoms with Crippen molar-refractivity contribution in [3.05, 3.63) is 383 Å². The standard InChI is InChI=1S/C28H25BrN4O3S.C28H22BrN3O3S.C19H23BrN2O4S.C14H9NO2.C7H7BO4.C7H4BrN/c29-25-10-8-23-18-26(11-9-22(23)17-25)37(35,36)33-14-12-32(13-15-33)28(34)20-6-4-19(5-7-20)21-2-1-3-24(16-21)27(30)31;1-30-26-4-2-3-22(18-26)20-5-7-21(8-6-20)28(33)31-13-15-32(16-14-31)36(34,35)27-12-10-23-17-25(29)11-9-24(23)19-27;1-19(2,3)26-18(23)21-8-10-22(11-9-21)27(24,25)17-7-5-14-12-16(20)6-4-15(14)13-17;1-15-13-4-2-3-12(9-13)10-5-7-11(8-6-10)14(16)17;9-7(10)5-1-3-6(4-2-5)8(11)12;1-9-7-4-2-3-6(8)5-7/h1-11,16-18H,12-15H2,(H3,30,31);2-12,17-19H,13-16H2;4-7,12-13H,8-11H2,1-3H3;2-9H,(H,16,17);1-4,11-12H,(H,9,10);2-5H. The predicted molar refractivity (Wildman–Crippen MR) is 551 cm³/mol. The summed E-state index contributed by atoms with van der Waals surface area (Å²) in [5.41, 5.74) is 14.7. The smallest absolute Gasteiger partial charge is 0.478 e. The molecule has 3 amide bonds. The number of hydrogen-bond acceptors (Lipinski definition) is 15. The minimum absolute atomic E-state index is 0.00340. The van der Waals surface area contributed by atoms with Gasteiger partial charge in [0.05, 0.1) is 45.5 Å². The molecule has 0 aliphatic carbocycles. The monoisotopic (exact) mass is 2160 g/mol. The third kappa shape index (κ3) is 27.3. The van der Waals surface area contributed by atoms with E-state index in [4.69, 9.17) is 55.9 Å². The number of benzene rings is 14. The molecule has 3 aliphatic rings. The van der Waals surface area contributed by atoms with Gasteiger partial charge in [0.25, 0.3) is 11.8 Å². The van der Waals surface area contributed by atoms with Gasteiger partial charge in [0.2, 0.25) is 30.1 Å². The number of nitrogens with two attached hydrogens (primary N) is 1. The Bertz CT molecular complexity index is 7390. The minimum atomic E-state index is -3.66. The molecule has 3 saturated heterocycles. The van der Waals surface area contributed by atoms with Crippen LogP contribution in [0, 0.1) is 25.1 Å². The van der Waals surface area contributed by atoms with E-state index in [1.165, 1.54) is 37.2 Å². The molecule has 0 atom stereocenters. The number of ether oxygens (including phenoxy) is 1. The fourth-order valence-electron chi connectivity index (χ4n) is 14.7. The van der Waals surface area contributed by atoms with E-state index in [9.17, 15) is 49.2 Å². The lowest BCUT2D eigenvalue weighted by Gasteiger charge is -2.35. The van der Waals surface area contributed by atoms with Crippen LogP contribution in [0.1, 0.15) is 67.8 Å². The van der Waals surface area contributed by atoms with Crippen LogP contribution < -0.4 is 11.2 Å². The lowest BCUT2D eigenvalue weighted by Crippen LogP contribution is -2.51. The SMILES string of the molecule is CC(C)(C)OC(=O)N1CCN(S(=O)(=O)c2ccc3cc(Br)ccc3c2)CC1.N=C(N)c1cccc(-c2ccc(C(=O)N3CCN(S(=O)(=O)c4ccc5cc(Br)ccc5c4)CC3)cc2)c1.O=C(O)c1ccc(B(O)O)cc1.[C-]#[N+]c1cccc(-c2ccc(C(=O)N3CCN(S(=O)(=O)c4ccc5cc(Br)ccc5c4)CC3)cc2)c1.[C-]#[N+]c1cccc(-c2ccc(C(=O)O)cc2)c1.[C-]#[N+]c1cccc(Br)c1. The summed E-state index contributed by atoms with van der Waals surface area (Å²) >= 11 is 13.6. The fourth-order valence-corrected chi connectivity index (χ4v) is 20.6. The Morgan fingerprint density at radius 1 is 0.348 bits per heavy atom. The Hall–Kier alpha value is -13.4. The van der Waals surface area contributed by atoms with Gasteiger partial charge in [-0.15, -0.1) is 0 Å². The first-order valence-corrected chi connectivity index (χ1v) is 50.2. The average Bonchev–Trinajstić information content (AvgIpc) is 0.784. The Balaban J connectivity index is 0.000000157. The second-order valence-corrected chi connectivity index (χ2v) is 41.9. The van der Waals surface area contributed by atoms with Gasteiger partial charge >= 0.3 is 25.2 Å². The largest absolute Gasteiger partial charge is 0.488 e. The van der Waals surface area contributed by atoms with E-state index in [1.54, 1.807) is 136 Å². The van der Waals surface area contributed by atoms with Crippen molar-refractivity contribution >= 4 is 191 Å². The number of nitrogens with zero attached hydrogens (tertiary/aromatic N) is 9. The Kier molecular flexibility index (Phi) is 35.0. The number of carbonyl (C=O) groups excluding carboxylic acids is 3. The molecule has 35 heteroatoms. The molecule has 0 spiro atoms. The van der Waals surface area contributed by atoms with Crippen molar-refractivity contribution in [2.24, 2.45) is 5.73 Å². The lowest BCUT2D eigenvalue weighted by molar-refractivity contribution is 0.0192. The molecule has 3 heterocycles. The van der Waals surface area contributed by atoms with Crippen LogP contribution in [0.25, 0.3) is 80.2 Å². The zero-order valence-electron chi connectivity index (χ0n) is 74.5. The number of nitrogens with one attached hydrogen (secondary N) is 1. The van der Waals surface area contributed by atoms with Crippen LogP contribution in [0.5, 0.6) is 0 Å². The lowest BCUT2D eigenvalue weighted by atomic mass is 9.80. The number of nitrogen functional groups attached to an aromatic ring is 1. The number of amides is 3. The van der Waals surface area contributed by atoms with Crippen LogP contribution in [-0.2, 0) is 34.8 Å². The molecule has 0 radical (unpaired) electrons. The van der Waals surface area contributed by atoms with E-state index in [0.717, 1.165) is 83.6 Å². The quantitative estimate of drug-likeness (QED) is 0.0240. The minimum Gasteiger partial charge on any atom is -0.478 e. The highest BCUT2D eigenvalue weighted by atomic mass is 79.9. The van der Waals surface area contributed by atoms with Crippen LogP contribution in [0.15, 0.2) is 336 Å². The van der Waals surface area contributed by atoms with Gasteiger partial charge in [-0.05, 0) is 238 Å². The highest BCUT2D eigenvalue weighted by Gasteiger charge is 2.35. The summed E-state index contributed by atoms with van der Waals surface area (Å²) < 4.78 is 92.5. The molecule has 0 unspecified atom stereocenters. The van der Waals surface area contributed by atoms with Crippen molar-refractivity contribution in [1.29, 1.82) is 5.41 Å². The van der Waals surface area contributed by atoms with E-state index in [2.05, 4.69) is 78.3 Å². The second-order valence-electron chi connectivity index (χ2n) is 32.5. The van der Waals surface area contributed by atoms with Gasteiger partial charge in [-0.3, -0.25) is 15.0 Å². The first kappa shape index (κ1) is 104. The molecule has 3 fully saturated rings. The average molecular weight is 2160 g/mol. The molecule has 27 nitrogen and oxygen atoms in total. The zero-order chi connectivity index (χ0) is 99.3. The third-order valence-corrected chi connectivity index (χ3v) is 29.7. The molecule has 0 bridgehead atoms. The maximum atomic E-state index is 13.3. The Labute approximate surface area is 833 Å². The topological polar surface area (TPSA) is 360 Å². The summed E-state index contributed by atoms with van der Waals surface area (Å²) in [4.78, 5) is 75.2. The van der Waals surface area contributed by atoms with Crippen LogP contribution in [-0.4, -0.2) is 200 Å². The summed E-state index contributed by atoms with van der Waals surface area (Å²) in [6, 6.07) is 88.4. The molecule has 0 saturated carbocycles. The second kappa shape index (κ2) is 46.6. The molecule has 14 aromatic carbocycles. The summed E-state index contributed by atoms with van der Waals surface area (Å²) in [5, 5.41) is 47.7. The summed E-state index contributed by atoms with van der Waals surface area (Å²) in [6.07, 6.45) is -0.407. The molecule has 702 valence electrons. The zero-order valence-corrected chi connectivity index (χ0v) is 83.3. The maximum Gasteiger partial charge on any atom is 0.488 e. The summed E-state index contributed by atoms with van der Waals surface area (Å²) in [5.74, 6) is -2.22. The number of fused-ring (bicyclic) bond motifs is 3. The third-order valence-electron chi connectivity index (χ3n) is 22.1. The number of piperazine rings is 3. The number of carboxylic acid groups (broad SMARTS) is 2. The van der Waals surface area contributed by atoms with Crippen molar-refractivity contribution < 1.29 is 74.2 Å². The van der Waals surface area contributed by atoms with Gasteiger partial charge < -0.3 is 45.4 Å². The van der Waals surface area contributed by atoms with Crippen molar-refractivity contribution in [2.75, 3.05) is 78.5 Å². The number of carbonyl (C=O) groups is 5. The van der Waals surface area contributed by atoms with Crippen molar-refractivity contribution in [2.45, 2.75) is 41.1 Å².